The van der Waals surface area contributed by atoms with Gasteiger partial charge in [-0.25, -0.2) is 0 Å². The summed E-state index contributed by atoms with van der Waals surface area (Å²) in [5, 5.41) is 6.80. The standard InChI is InChI=1S/C18H16N2O2/c1-12-8-9-15(13(2)10-12)19-18(21)17-11-16(20-22-17)14-6-4-3-5-7-14/h3-11H,1-2H3,(H,19,21). The normalized spacial score (nSPS) is 10.5. The van der Waals surface area contributed by atoms with Crippen LogP contribution in [0.3, 0.4) is 0 Å². The first-order valence-corrected chi connectivity index (χ1v) is 7.04. The Balaban J connectivity index is 1.80. The van der Waals surface area contributed by atoms with Crippen LogP contribution in [-0.2, 0) is 0 Å². The number of benzene rings is 2. The third kappa shape index (κ3) is 2.91. The number of carbonyl (C=O) groups is 1. The van der Waals surface area contributed by atoms with Gasteiger partial charge in [-0.15, -0.1) is 0 Å². The number of hydrogen-bond donors (Lipinski definition) is 1. The zero-order valence-corrected chi connectivity index (χ0v) is 12.5. The highest BCUT2D eigenvalue weighted by Crippen LogP contribution is 2.21. The van der Waals surface area contributed by atoms with Gasteiger partial charge in [-0.1, -0.05) is 53.2 Å². The Kier molecular flexibility index (Phi) is 3.74. The molecule has 0 atom stereocenters. The van der Waals surface area contributed by atoms with Crippen LogP contribution in [0, 0.1) is 13.8 Å². The molecule has 1 heterocycles. The van der Waals surface area contributed by atoms with E-state index in [1.165, 1.54) is 0 Å². The Labute approximate surface area is 128 Å². The topological polar surface area (TPSA) is 55.1 Å². The van der Waals surface area contributed by atoms with Crippen LogP contribution in [0.15, 0.2) is 59.1 Å². The molecule has 0 unspecified atom stereocenters. The number of aromatic nitrogens is 1. The van der Waals surface area contributed by atoms with E-state index < -0.39 is 0 Å². The third-order valence-corrected chi connectivity index (χ3v) is 3.43. The summed E-state index contributed by atoms with van der Waals surface area (Å²) in [6.07, 6.45) is 0. The van der Waals surface area contributed by atoms with Crippen LogP contribution in [-0.4, -0.2) is 11.1 Å². The van der Waals surface area contributed by atoms with E-state index in [4.69, 9.17) is 4.52 Å². The molecule has 0 saturated heterocycles. The average Bonchev–Trinajstić information content (AvgIpc) is 3.01. The van der Waals surface area contributed by atoms with E-state index in [0.717, 1.165) is 22.4 Å². The van der Waals surface area contributed by atoms with Crippen molar-refractivity contribution in [1.82, 2.24) is 5.16 Å². The number of hydrogen-bond acceptors (Lipinski definition) is 3. The quantitative estimate of drug-likeness (QED) is 0.786. The molecular weight excluding hydrogens is 276 g/mol. The lowest BCUT2D eigenvalue weighted by Crippen LogP contribution is -2.11. The van der Waals surface area contributed by atoms with Crippen LogP contribution in [0.5, 0.6) is 0 Å². The smallest absolute Gasteiger partial charge is 0.294 e. The molecule has 0 aliphatic carbocycles. The highest BCUT2D eigenvalue weighted by atomic mass is 16.5. The Morgan fingerprint density at radius 1 is 1.05 bits per heavy atom. The molecule has 1 N–H and O–H groups in total. The minimum Gasteiger partial charge on any atom is -0.350 e. The minimum absolute atomic E-state index is 0.193. The lowest BCUT2D eigenvalue weighted by atomic mass is 10.1. The Morgan fingerprint density at radius 2 is 1.82 bits per heavy atom. The van der Waals surface area contributed by atoms with Crippen molar-refractivity contribution in [1.29, 1.82) is 0 Å². The summed E-state index contributed by atoms with van der Waals surface area (Å²) in [6.45, 7) is 3.97. The highest BCUT2D eigenvalue weighted by Gasteiger charge is 2.14. The van der Waals surface area contributed by atoms with E-state index in [0.29, 0.717) is 5.69 Å². The fourth-order valence-electron chi connectivity index (χ4n) is 2.26. The molecule has 0 aliphatic heterocycles. The van der Waals surface area contributed by atoms with Crippen molar-refractivity contribution in [3.8, 4) is 11.3 Å². The fraction of sp³-hybridized carbons (Fsp3) is 0.111. The first-order valence-electron chi connectivity index (χ1n) is 7.04. The van der Waals surface area contributed by atoms with Crippen molar-refractivity contribution >= 4 is 11.6 Å². The molecule has 0 aliphatic rings. The van der Waals surface area contributed by atoms with Gasteiger partial charge in [0.15, 0.2) is 0 Å². The van der Waals surface area contributed by atoms with Gasteiger partial charge in [0.1, 0.15) is 5.69 Å². The van der Waals surface area contributed by atoms with Crippen molar-refractivity contribution < 1.29 is 9.32 Å². The fourth-order valence-corrected chi connectivity index (χ4v) is 2.26. The van der Waals surface area contributed by atoms with Crippen LogP contribution >= 0.6 is 0 Å². The van der Waals surface area contributed by atoms with Gasteiger partial charge in [0.25, 0.3) is 5.91 Å². The summed E-state index contributed by atoms with van der Waals surface area (Å²) in [5.74, 6) is -0.111. The first-order chi connectivity index (χ1) is 10.6. The van der Waals surface area contributed by atoms with Crippen molar-refractivity contribution in [2.75, 3.05) is 5.32 Å². The molecule has 3 aromatic rings. The van der Waals surface area contributed by atoms with Gasteiger partial charge in [0.05, 0.1) is 0 Å². The summed E-state index contributed by atoms with van der Waals surface area (Å²) in [6, 6.07) is 17.1. The summed E-state index contributed by atoms with van der Waals surface area (Å²) >= 11 is 0. The van der Waals surface area contributed by atoms with E-state index in [1.54, 1.807) is 6.07 Å². The number of nitrogens with one attached hydrogen (secondary N) is 1. The molecule has 0 radical (unpaired) electrons. The van der Waals surface area contributed by atoms with Crippen LogP contribution < -0.4 is 5.32 Å². The maximum Gasteiger partial charge on any atom is 0.294 e. The second kappa shape index (κ2) is 5.85. The van der Waals surface area contributed by atoms with Gasteiger partial charge >= 0.3 is 0 Å². The highest BCUT2D eigenvalue weighted by molar-refractivity contribution is 6.03. The zero-order valence-electron chi connectivity index (χ0n) is 12.5. The van der Waals surface area contributed by atoms with Gasteiger partial charge in [-0.3, -0.25) is 4.79 Å². The van der Waals surface area contributed by atoms with Gasteiger partial charge in [0, 0.05) is 17.3 Å². The molecule has 0 bridgehead atoms. The van der Waals surface area contributed by atoms with Crippen LogP contribution in [0.4, 0.5) is 5.69 Å². The SMILES string of the molecule is Cc1ccc(NC(=O)c2cc(-c3ccccc3)no2)c(C)c1. The Hall–Kier alpha value is -2.88. The van der Waals surface area contributed by atoms with Gasteiger partial charge in [-0.2, -0.15) is 0 Å². The molecule has 2 aromatic carbocycles. The average molecular weight is 292 g/mol. The summed E-state index contributed by atoms with van der Waals surface area (Å²) in [4.78, 5) is 12.3. The molecule has 0 saturated carbocycles. The molecule has 0 fully saturated rings. The monoisotopic (exact) mass is 292 g/mol. The maximum atomic E-state index is 12.3. The molecule has 1 amide bonds. The summed E-state index contributed by atoms with van der Waals surface area (Å²) in [7, 11) is 0. The Morgan fingerprint density at radius 3 is 2.55 bits per heavy atom. The molecule has 1 aromatic heterocycles. The van der Waals surface area contributed by atoms with E-state index in [-0.39, 0.29) is 11.7 Å². The second-order valence-electron chi connectivity index (χ2n) is 5.21. The molecule has 4 heteroatoms. The number of amides is 1. The van der Waals surface area contributed by atoms with E-state index in [9.17, 15) is 4.79 Å². The number of aryl methyl sites for hydroxylation is 2. The molecule has 22 heavy (non-hydrogen) atoms. The van der Waals surface area contributed by atoms with Crippen molar-refractivity contribution in [3.05, 3.63) is 71.5 Å². The molecule has 4 nitrogen and oxygen atoms in total. The number of anilines is 1. The van der Waals surface area contributed by atoms with Gasteiger partial charge in [-0.05, 0) is 25.5 Å². The van der Waals surface area contributed by atoms with Crippen molar-refractivity contribution in [2.45, 2.75) is 13.8 Å². The van der Waals surface area contributed by atoms with Crippen molar-refractivity contribution in [3.63, 3.8) is 0 Å². The zero-order chi connectivity index (χ0) is 15.5. The maximum absolute atomic E-state index is 12.3. The molecular formula is C18H16N2O2. The number of rotatable bonds is 3. The number of nitrogens with zero attached hydrogens (tertiary/aromatic N) is 1. The summed E-state index contributed by atoms with van der Waals surface area (Å²) < 4.78 is 5.15. The Bertz CT molecular complexity index is 807. The number of carbonyl (C=O) groups excluding carboxylic acids is 1. The lowest BCUT2D eigenvalue weighted by molar-refractivity contribution is 0.0988. The molecule has 0 spiro atoms. The predicted molar refractivity (Wildman–Crippen MR) is 85.8 cm³/mol. The van der Waals surface area contributed by atoms with Crippen molar-refractivity contribution in [2.24, 2.45) is 0 Å². The van der Waals surface area contributed by atoms with Crippen LogP contribution in [0.2, 0.25) is 0 Å². The van der Waals surface area contributed by atoms with Gasteiger partial charge < -0.3 is 9.84 Å². The van der Waals surface area contributed by atoms with E-state index in [1.807, 2.05) is 62.4 Å². The van der Waals surface area contributed by atoms with Gasteiger partial charge in [0.2, 0.25) is 5.76 Å². The lowest BCUT2D eigenvalue weighted by Gasteiger charge is -2.07. The van der Waals surface area contributed by atoms with Crippen LogP contribution in [0.25, 0.3) is 11.3 Å². The van der Waals surface area contributed by atoms with E-state index >= 15 is 0 Å². The van der Waals surface area contributed by atoms with Crippen LogP contribution in [0.1, 0.15) is 21.7 Å². The first kappa shape index (κ1) is 14.1. The van der Waals surface area contributed by atoms with E-state index in [2.05, 4.69) is 10.5 Å². The second-order valence-corrected chi connectivity index (χ2v) is 5.21. The largest absolute Gasteiger partial charge is 0.350 e. The third-order valence-electron chi connectivity index (χ3n) is 3.43. The summed E-state index contributed by atoms with van der Waals surface area (Å²) in [5.41, 5.74) is 4.49. The molecule has 3 rings (SSSR count). The molecule has 110 valence electrons. The predicted octanol–water partition coefficient (Wildman–Crippen LogP) is 4.21. The minimum atomic E-state index is -0.304.